The Labute approximate surface area is 135 Å². The third kappa shape index (κ3) is 2.33. The minimum atomic E-state index is -0.306. The molecule has 116 valence electrons. The van der Waals surface area contributed by atoms with Crippen LogP contribution in [0, 0.1) is 0 Å². The van der Waals surface area contributed by atoms with Gasteiger partial charge in [0.1, 0.15) is 0 Å². The average molecular weight is 367 g/mol. The van der Waals surface area contributed by atoms with Crippen molar-refractivity contribution in [3.05, 3.63) is 22.2 Å². The summed E-state index contributed by atoms with van der Waals surface area (Å²) in [5.74, 6) is -1.10. The van der Waals surface area contributed by atoms with Gasteiger partial charge in [0.05, 0.1) is 4.48 Å². The zero-order valence-electron chi connectivity index (χ0n) is 12.0. The predicted molar refractivity (Wildman–Crippen MR) is 80.5 cm³/mol. The Bertz CT molecular complexity index is 588. The van der Waals surface area contributed by atoms with Gasteiger partial charge < -0.3 is 0 Å². The van der Waals surface area contributed by atoms with Gasteiger partial charge in [-0.3, -0.25) is 29.0 Å². The summed E-state index contributed by atoms with van der Waals surface area (Å²) in [7, 11) is 0. The normalized spacial score (nSPS) is 29.4. The van der Waals surface area contributed by atoms with Crippen LogP contribution in [0.15, 0.2) is 22.2 Å². The standard InChI is InChI=1S/C15H15BrN2O4/c1-8-6-12(19)17(14(8)21)9-2-4-10(5-3-9)18-13(20)7-11(16)15(18)22/h6-7,9-10H,2-5H2,1H3. The van der Waals surface area contributed by atoms with Crippen LogP contribution in [0.1, 0.15) is 32.6 Å². The molecule has 0 N–H and O–H groups in total. The number of rotatable bonds is 2. The monoisotopic (exact) mass is 366 g/mol. The van der Waals surface area contributed by atoms with Crippen LogP contribution in [0.2, 0.25) is 0 Å². The highest BCUT2D eigenvalue weighted by atomic mass is 79.9. The molecule has 22 heavy (non-hydrogen) atoms. The molecule has 0 radical (unpaired) electrons. The Morgan fingerprint density at radius 1 is 0.864 bits per heavy atom. The van der Waals surface area contributed by atoms with Crippen LogP contribution < -0.4 is 0 Å². The van der Waals surface area contributed by atoms with Crippen LogP contribution in [0.25, 0.3) is 0 Å². The van der Waals surface area contributed by atoms with E-state index in [1.165, 1.54) is 22.0 Å². The molecular formula is C15H15BrN2O4. The molecule has 3 rings (SSSR count). The highest BCUT2D eigenvalue weighted by molar-refractivity contribution is 9.12. The lowest BCUT2D eigenvalue weighted by atomic mass is 9.89. The number of hydrogen-bond donors (Lipinski definition) is 0. The molecule has 3 aliphatic rings. The lowest BCUT2D eigenvalue weighted by Crippen LogP contribution is -2.48. The molecule has 4 amide bonds. The van der Waals surface area contributed by atoms with Gasteiger partial charge in [0.15, 0.2) is 0 Å². The smallest absolute Gasteiger partial charge is 0.268 e. The number of imide groups is 2. The fourth-order valence-electron chi connectivity index (χ4n) is 3.33. The highest BCUT2D eigenvalue weighted by Crippen LogP contribution is 2.32. The molecule has 1 saturated carbocycles. The fraction of sp³-hybridized carbons (Fsp3) is 0.467. The number of carbonyl (C=O) groups excluding carboxylic acids is 4. The van der Waals surface area contributed by atoms with Crippen molar-refractivity contribution in [2.75, 3.05) is 0 Å². The molecular weight excluding hydrogens is 352 g/mol. The average Bonchev–Trinajstić information content (AvgIpc) is 2.87. The Morgan fingerprint density at radius 2 is 1.32 bits per heavy atom. The summed E-state index contributed by atoms with van der Waals surface area (Å²) in [6, 6.07) is -0.307. The van der Waals surface area contributed by atoms with E-state index in [1.54, 1.807) is 6.92 Å². The van der Waals surface area contributed by atoms with Gasteiger partial charge >= 0.3 is 0 Å². The lowest BCUT2D eigenvalue weighted by molar-refractivity contribution is -0.145. The first-order valence-corrected chi connectivity index (χ1v) is 8.00. The van der Waals surface area contributed by atoms with E-state index in [0.717, 1.165) is 0 Å². The SMILES string of the molecule is CC1=CC(=O)N(C2CCC(N3C(=O)C=C(Br)C3=O)CC2)C1=O. The summed E-state index contributed by atoms with van der Waals surface area (Å²) < 4.78 is 0.282. The van der Waals surface area contributed by atoms with Crippen LogP contribution in [0.3, 0.4) is 0 Å². The van der Waals surface area contributed by atoms with Crippen molar-refractivity contribution in [1.29, 1.82) is 0 Å². The Hall–Kier alpha value is -1.76. The Kier molecular flexibility index (Phi) is 3.76. The van der Waals surface area contributed by atoms with Crippen molar-refractivity contribution >= 4 is 39.6 Å². The Balaban J connectivity index is 1.65. The maximum absolute atomic E-state index is 12.0. The minimum Gasteiger partial charge on any atom is -0.272 e. The third-order valence-electron chi connectivity index (χ3n) is 4.44. The van der Waals surface area contributed by atoms with Gasteiger partial charge in [-0.1, -0.05) is 0 Å². The van der Waals surface area contributed by atoms with Crippen molar-refractivity contribution in [2.45, 2.75) is 44.7 Å². The van der Waals surface area contributed by atoms with Gasteiger partial charge in [0, 0.05) is 29.8 Å². The topological polar surface area (TPSA) is 74.8 Å². The van der Waals surface area contributed by atoms with E-state index in [1.807, 2.05) is 0 Å². The van der Waals surface area contributed by atoms with Gasteiger partial charge in [0.25, 0.3) is 23.6 Å². The van der Waals surface area contributed by atoms with Gasteiger partial charge in [-0.05, 0) is 48.5 Å². The first-order valence-electron chi connectivity index (χ1n) is 7.20. The zero-order valence-corrected chi connectivity index (χ0v) is 13.6. The fourth-order valence-corrected chi connectivity index (χ4v) is 3.71. The molecule has 1 aliphatic carbocycles. The molecule has 2 heterocycles. The molecule has 0 aromatic carbocycles. The third-order valence-corrected chi connectivity index (χ3v) is 5.01. The number of hydrogen-bond acceptors (Lipinski definition) is 4. The molecule has 2 aliphatic heterocycles. The maximum Gasteiger partial charge on any atom is 0.268 e. The van der Waals surface area contributed by atoms with E-state index in [9.17, 15) is 19.2 Å². The van der Waals surface area contributed by atoms with Crippen molar-refractivity contribution in [2.24, 2.45) is 0 Å². The van der Waals surface area contributed by atoms with Gasteiger partial charge in [0.2, 0.25) is 0 Å². The summed E-state index contributed by atoms with van der Waals surface area (Å²) in [6.45, 7) is 1.64. The largest absolute Gasteiger partial charge is 0.272 e. The number of carbonyl (C=O) groups is 4. The second-order valence-electron chi connectivity index (χ2n) is 5.81. The van der Waals surface area contributed by atoms with Crippen molar-refractivity contribution in [1.82, 2.24) is 9.80 Å². The summed E-state index contributed by atoms with van der Waals surface area (Å²) in [5, 5.41) is 0. The van der Waals surface area contributed by atoms with Gasteiger partial charge in [-0.25, -0.2) is 0 Å². The number of amides is 4. The number of nitrogens with zero attached hydrogens (tertiary/aromatic N) is 2. The van der Waals surface area contributed by atoms with Crippen molar-refractivity contribution in [3.63, 3.8) is 0 Å². The minimum absolute atomic E-state index is 0.144. The molecule has 0 aromatic rings. The van der Waals surface area contributed by atoms with Crippen LogP contribution in [0.4, 0.5) is 0 Å². The molecule has 0 spiro atoms. The van der Waals surface area contributed by atoms with Crippen LogP contribution in [-0.2, 0) is 19.2 Å². The molecule has 6 nitrogen and oxygen atoms in total. The molecule has 0 saturated heterocycles. The van der Waals surface area contributed by atoms with Crippen LogP contribution >= 0.6 is 15.9 Å². The van der Waals surface area contributed by atoms with Crippen LogP contribution in [0.5, 0.6) is 0 Å². The zero-order chi connectivity index (χ0) is 16.0. The molecule has 0 aromatic heterocycles. The van der Waals surface area contributed by atoms with Crippen molar-refractivity contribution in [3.8, 4) is 0 Å². The summed E-state index contributed by atoms with van der Waals surface area (Å²) in [4.78, 5) is 50.3. The highest BCUT2D eigenvalue weighted by Gasteiger charge is 2.41. The van der Waals surface area contributed by atoms with E-state index in [4.69, 9.17) is 0 Å². The van der Waals surface area contributed by atoms with E-state index in [2.05, 4.69) is 15.9 Å². The molecule has 1 fully saturated rings. The summed E-state index contributed by atoms with van der Waals surface area (Å²) in [6.07, 6.45) is 5.08. The van der Waals surface area contributed by atoms with E-state index in [-0.39, 0.29) is 40.2 Å². The quantitative estimate of drug-likeness (QED) is 0.689. The molecule has 0 unspecified atom stereocenters. The summed E-state index contributed by atoms with van der Waals surface area (Å²) >= 11 is 3.08. The molecule has 7 heteroatoms. The summed E-state index contributed by atoms with van der Waals surface area (Å²) in [5.41, 5.74) is 0.463. The first kappa shape index (κ1) is 15.1. The molecule has 0 bridgehead atoms. The second-order valence-corrected chi connectivity index (χ2v) is 6.66. The lowest BCUT2D eigenvalue weighted by Gasteiger charge is -2.36. The van der Waals surface area contributed by atoms with Crippen molar-refractivity contribution < 1.29 is 19.2 Å². The van der Waals surface area contributed by atoms with E-state index in [0.29, 0.717) is 31.3 Å². The first-order chi connectivity index (χ1) is 10.4. The second kappa shape index (κ2) is 5.46. The Morgan fingerprint density at radius 3 is 1.68 bits per heavy atom. The van der Waals surface area contributed by atoms with Gasteiger partial charge in [-0.15, -0.1) is 0 Å². The van der Waals surface area contributed by atoms with E-state index >= 15 is 0 Å². The molecule has 0 atom stereocenters. The van der Waals surface area contributed by atoms with Crippen LogP contribution in [-0.4, -0.2) is 45.5 Å². The van der Waals surface area contributed by atoms with Gasteiger partial charge in [-0.2, -0.15) is 0 Å². The van der Waals surface area contributed by atoms with E-state index < -0.39 is 0 Å². The maximum atomic E-state index is 12.0. The number of halogens is 1. The predicted octanol–water partition coefficient (Wildman–Crippen LogP) is 1.26.